The highest BCUT2D eigenvalue weighted by atomic mass is 19.1. The fourth-order valence-corrected chi connectivity index (χ4v) is 3.22. The Kier molecular flexibility index (Phi) is 5.17. The van der Waals surface area contributed by atoms with E-state index in [1.54, 1.807) is 0 Å². The normalized spacial score (nSPS) is 21.9. The molecule has 1 amide bonds. The summed E-state index contributed by atoms with van der Waals surface area (Å²) in [6.07, 6.45) is 3.48. The molecule has 0 bridgehead atoms. The van der Waals surface area contributed by atoms with E-state index in [2.05, 4.69) is 5.32 Å². The molecule has 0 heterocycles. The molecule has 0 aliphatic heterocycles. The van der Waals surface area contributed by atoms with Crippen LogP contribution >= 0.6 is 0 Å². The Hall–Kier alpha value is -2.55. The van der Waals surface area contributed by atoms with E-state index < -0.39 is 28.3 Å². The lowest BCUT2D eigenvalue weighted by atomic mass is 9.85. The van der Waals surface area contributed by atoms with Crippen LogP contribution in [0.5, 0.6) is 0 Å². The Bertz CT molecular complexity index is 731. The monoisotopic (exact) mass is 365 g/mol. The lowest BCUT2D eigenvalue weighted by molar-refractivity contribution is -0.385. The highest BCUT2D eigenvalue weighted by Crippen LogP contribution is 2.34. The van der Waals surface area contributed by atoms with Crippen molar-refractivity contribution in [3.8, 4) is 0 Å². The third-order valence-corrected chi connectivity index (χ3v) is 4.90. The number of carboxylic acids is 1. The van der Waals surface area contributed by atoms with E-state index in [9.17, 15) is 24.1 Å². The topological polar surface area (TPSA) is 113 Å². The Labute approximate surface area is 149 Å². The van der Waals surface area contributed by atoms with E-state index in [1.165, 1.54) is 0 Å². The number of nitrogens with zero attached hydrogens (tertiary/aromatic N) is 2. The molecule has 0 atom stereocenters. The van der Waals surface area contributed by atoms with Crippen LogP contribution in [0.25, 0.3) is 0 Å². The van der Waals surface area contributed by atoms with Gasteiger partial charge >= 0.3 is 5.97 Å². The number of hydrogen-bond donors (Lipinski definition) is 2. The first-order valence-electron chi connectivity index (χ1n) is 8.54. The number of rotatable bonds is 8. The molecule has 2 N–H and O–H groups in total. The number of halogens is 1. The van der Waals surface area contributed by atoms with Crippen molar-refractivity contribution in [1.29, 1.82) is 0 Å². The second-order valence-electron chi connectivity index (χ2n) is 6.98. The van der Waals surface area contributed by atoms with Gasteiger partial charge in [0.2, 0.25) is 0 Å². The number of carbonyl (C=O) groups is 2. The summed E-state index contributed by atoms with van der Waals surface area (Å²) in [7, 11) is 0. The zero-order valence-electron chi connectivity index (χ0n) is 14.1. The average Bonchev–Trinajstić information content (AvgIpc) is 3.32. The maximum absolute atomic E-state index is 13.9. The van der Waals surface area contributed by atoms with Gasteiger partial charge in [-0.25, -0.2) is 4.39 Å². The predicted molar refractivity (Wildman–Crippen MR) is 89.3 cm³/mol. The molecule has 3 rings (SSSR count). The van der Waals surface area contributed by atoms with Crippen molar-refractivity contribution in [3.05, 3.63) is 39.7 Å². The van der Waals surface area contributed by atoms with Gasteiger partial charge in [-0.1, -0.05) is 0 Å². The minimum Gasteiger partial charge on any atom is -0.480 e. The first kappa shape index (κ1) is 18.2. The SMILES string of the molecule is O=C(O)CN(CC1CC1)C1CC(NC(=O)c2ccc([N+](=O)[O-])cc2F)C1. The number of nitro groups is 1. The average molecular weight is 365 g/mol. The minimum atomic E-state index is -0.936. The molecule has 0 spiro atoms. The summed E-state index contributed by atoms with van der Waals surface area (Å²) in [5, 5.41) is 22.4. The van der Waals surface area contributed by atoms with Gasteiger partial charge in [-0.2, -0.15) is 0 Å². The molecule has 8 nitrogen and oxygen atoms in total. The third kappa shape index (κ3) is 4.34. The quantitative estimate of drug-likeness (QED) is 0.536. The molecule has 0 unspecified atom stereocenters. The maximum Gasteiger partial charge on any atom is 0.317 e. The number of carbonyl (C=O) groups excluding carboxylic acids is 1. The van der Waals surface area contributed by atoms with Gasteiger partial charge in [-0.3, -0.25) is 24.6 Å². The smallest absolute Gasteiger partial charge is 0.317 e. The lowest BCUT2D eigenvalue weighted by Crippen LogP contribution is -2.55. The van der Waals surface area contributed by atoms with Crippen LogP contribution < -0.4 is 5.32 Å². The molecule has 26 heavy (non-hydrogen) atoms. The van der Waals surface area contributed by atoms with E-state index >= 15 is 0 Å². The third-order valence-electron chi connectivity index (χ3n) is 4.90. The van der Waals surface area contributed by atoms with Gasteiger partial charge < -0.3 is 10.4 Å². The van der Waals surface area contributed by atoms with Crippen molar-refractivity contribution in [3.63, 3.8) is 0 Å². The van der Waals surface area contributed by atoms with Crippen LogP contribution in [0.4, 0.5) is 10.1 Å². The molecule has 0 radical (unpaired) electrons. The number of nitro benzene ring substituents is 1. The number of benzene rings is 1. The summed E-state index contributed by atoms with van der Waals surface area (Å²) in [6.45, 7) is 0.743. The second kappa shape index (κ2) is 7.36. The van der Waals surface area contributed by atoms with E-state index in [1.807, 2.05) is 4.90 Å². The maximum atomic E-state index is 13.9. The Balaban J connectivity index is 1.53. The number of aliphatic carboxylic acids is 1. The molecule has 2 aliphatic rings. The number of non-ortho nitro benzene ring substituents is 1. The Morgan fingerprint density at radius 2 is 2.04 bits per heavy atom. The summed E-state index contributed by atoms with van der Waals surface area (Å²) in [5.41, 5.74) is -0.647. The molecule has 140 valence electrons. The molecule has 9 heteroatoms. The molecule has 0 aromatic heterocycles. The van der Waals surface area contributed by atoms with Gasteiger partial charge in [-0.05, 0) is 37.7 Å². The highest BCUT2D eigenvalue weighted by Gasteiger charge is 2.38. The fraction of sp³-hybridized carbons (Fsp3) is 0.529. The van der Waals surface area contributed by atoms with Crippen molar-refractivity contribution in [2.24, 2.45) is 5.92 Å². The van der Waals surface area contributed by atoms with Crippen molar-refractivity contribution in [1.82, 2.24) is 10.2 Å². The number of hydrogen-bond acceptors (Lipinski definition) is 5. The molecule has 2 saturated carbocycles. The summed E-state index contributed by atoms with van der Waals surface area (Å²) < 4.78 is 13.9. The van der Waals surface area contributed by atoms with Crippen LogP contribution in [-0.2, 0) is 4.79 Å². The zero-order valence-corrected chi connectivity index (χ0v) is 14.1. The molecule has 2 aliphatic carbocycles. The fourth-order valence-electron chi connectivity index (χ4n) is 3.22. The molecule has 2 fully saturated rings. The standard InChI is InChI=1S/C17H20FN3O5/c18-15-7-12(21(25)26)3-4-14(15)17(24)19-11-5-13(6-11)20(9-16(22)23)8-10-1-2-10/h3-4,7,10-11,13H,1-2,5-6,8-9H2,(H,19,24)(H,22,23). The van der Waals surface area contributed by atoms with E-state index in [4.69, 9.17) is 5.11 Å². The second-order valence-corrected chi connectivity index (χ2v) is 6.98. The van der Waals surface area contributed by atoms with Crippen LogP contribution in [0.2, 0.25) is 0 Å². The van der Waals surface area contributed by atoms with Gasteiger partial charge in [-0.15, -0.1) is 0 Å². The molecular weight excluding hydrogens is 345 g/mol. The molecular formula is C17H20FN3O5. The van der Waals surface area contributed by atoms with Crippen LogP contribution in [0, 0.1) is 21.8 Å². The van der Waals surface area contributed by atoms with Crippen molar-refractivity contribution in [2.75, 3.05) is 13.1 Å². The Morgan fingerprint density at radius 3 is 2.58 bits per heavy atom. The van der Waals surface area contributed by atoms with Gasteiger partial charge in [0.05, 0.1) is 23.1 Å². The first-order valence-corrected chi connectivity index (χ1v) is 8.54. The summed E-state index contributed by atoms with van der Waals surface area (Å²) in [4.78, 5) is 35.0. The van der Waals surface area contributed by atoms with Crippen molar-refractivity contribution < 1.29 is 24.0 Å². The predicted octanol–water partition coefficient (Wildman–Crippen LogP) is 1.79. The van der Waals surface area contributed by atoms with Gasteiger partial charge in [0.1, 0.15) is 5.82 Å². The van der Waals surface area contributed by atoms with Gasteiger partial charge in [0.15, 0.2) is 0 Å². The van der Waals surface area contributed by atoms with Crippen LogP contribution in [0.3, 0.4) is 0 Å². The van der Waals surface area contributed by atoms with Gasteiger partial charge in [0, 0.05) is 24.7 Å². The number of nitrogens with one attached hydrogen (secondary N) is 1. The van der Waals surface area contributed by atoms with Crippen LogP contribution in [-0.4, -0.2) is 52.0 Å². The van der Waals surface area contributed by atoms with E-state index in [0.717, 1.165) is 37.6 Å². The lowest BCUT2D eigenvalue weighted by Gasteiger charge is -2.42. The van der Waals surface area contributed by atoms with Crippen molar-refractivity contribution in [2.45, 2.75) is 37.8 Å². The zero-order chi connectivity index (χ0) is 18.8. The largest absolute Gasteiger partial charge is 0.480 e. The van der Waals surface area contributed by atoms with Crippen molar-refractivity contribution >= 4 is 17.6 Å². The Morgan fingerprint density at radius 1 is 1.35 bits per heavy atom. The first-order chi connectivity index (χ1) is 12.3. The molecule has 1 aromatic rings. The summed E-state index contributed by atoms with van der Waals surface area (Å²) in [5.74, 6) is -1.86. The molecule has 1 aromatic carbocycles. The molecule has 0 saturated heterocycles. The van der Waals surface area contributed by atoms with E-state index in [0.29, 0.717) is 18.8 Å². The number of carboxylic acid groups (broad SMARTS) is 1. The van der Waals surface area contributed by atoms with Crippen LogP contribution in [0.15, 0.2) is 18.2 Å². The van der Waals surface area contributed by atoms with Gasteiger partial charge in [0.25, 0.3) is 11.6 Å². The number of amides is 1. The summed E-state index contributed by atoms with van der Waals surface area (Å²) >= 11 is 0. The minimum absolute atomic E-state index is 0.0151. The summed E-state index contributed by atoms with van der Waals surface area (Å²) in [6, 6.07) is 2.86. The van der Waals surface area contributed by atoms with E-state index in [-0.39, 0.29) is 24.2 Å². The highest BCUT2D eigenvalue weighted by molar-refractivity contribution is 5.95. The van der Waals surface area contributed by atoms with Crippen LogP contribution in [0.1, 0.15) is 36.0 Å².